The van der Waals surface area contributed by atoms with E-state index >= 15 is 0 Å². The molecule has 1 atom stereocenters. The molecular formula is C13H15FN4O2. The van der Waals surface area contributed by atoms with Crippen LogP contribution in [0.15, 0.2) is 22.7 Å². The molecule has 0 fully saturated rings. The number of ether oxygens (including phenoxy) is 1. The fourth-order valence-electron chi connectivity index (χ4n) is 2.26. The molecule has 1 aromatic carbocycles. The van der Waals surface area contributed by atoms with Gasteiger partial charge in [-0.05, 0) is 19.1 Å². The second-order valence-electron chi connectivity index (χ2n) is 4.73. The number of hydrogen-bond acceptors (Lipinski definition) is 6. The van der Waals surface area contributed by atoms with Crippen molar-refractivity contribution in [2.45, 2.75) is 26.1 Å². The second-order valence-corrected chi connectivity index (χ2v) is 4.73. The summed E-state index contributed by atoms with van der Waals surface area (Å²) in [7, 11) is 0. The van der Waals surface area contributed by atoms with E-state index in [1.165, 1.54) is 12.1 Å². The third-order valence-electron chi connectivity index (χ3n) is 3.09. The Balaban J connectivity index is 1.86. The zero-order valence-electron chi connectivity index (χ0n) is 11.0. The van der Waals surface area contributed by atoms with E-state index in [1.807, 2.05) is 11.8 Å². The lowest BCUT2D eigenvalue weighted by molar-refractivity contribution is 0.210. The van der Waals surface area contributed by atoms with Gasteiger partial charge in [0.05, 0.1) is 25.3 Å². The highest BCUT2D eigenvalue weighted by atomic mass is 19.1. The summed E-state index contributed by atoms with van der Waals surface area (Å²) in [5, 5.41) is 3.87. The van der Waals surface area contributed by atoms with Gasteiger partial charge in [0, 0.05) is 6.07 Å². The summed E-state index contributed by atoms with van der Waals surface area (Å²) in [5.41, 5.74) is 6.26. The lowest BCUT2D eigenvalue weighted by atomic mass is 10.2. The first kappa shape index (κ1) is 12.9. The first-order chi connectivity index (χ1) is 9.65. The van der Waals surface area contributed by atoms with E-state index in [4.69, 9.17) is 15.0 Å². The monoisotopic (exact) mass is 278 g/mol. The molecule has 0 spiro atoms. The smallest absolute Gasteiger partial charge is 0.240 e. The Bertz CT molecular complexity index is 616. The topological polar surface area (TPSA) is 77.4 Å². The largest absolute Gasteiger partial charge is 0.487 e. The van der Waals surface area contributed by atoms with Crippen molar-refractivity contribution in [2.75, 3.05) is 11.4 Å². The minimum Gasteiger partial charge on any atom is -0.487 e. The Kier molecular flexibility index (Phi) is 3.27. The van der Waals surface area contributed by atoms with Gasteiger partial charge in [-0.1, -0.05) is 5.16 Å². The number of nitrogens with two attached hydrogens (primary N) is 1. The molecule has 20 heavy (non-hydrogen) atoms. The number of benzene rings is 1. The molecule has 7 heteroatoms. The highest BCUT2D eigenvalue weighted by Gasteiger charge is 2.24. The molecule has 106 valence electrons. The van der Waals surface area contributed by atoms with E-state index in [0.717, 1.165) is 5.69 Å². The van der Waals surface area contributed by atoms with Crippen LogP contribution in [0, 0.1) is 5.82 Å². The van der Waals surface area contributed by atoms with Crippen LogP contribution in [-0.4, -0.2) is 22.8 Å². The van der Waals surface area contributed by atoms with E-state index in [2.05, 4.69) is 10.1 Å². The zero-order chi connectivity index (χ0) is 14.1. The van der Waals surface area contributed by atoms with Crippen LogP contribution in [0.3, 0.4) is 0 Å². The van der Waals surface area contributed by atoms with Gasteiger partial charge in [-0.25, -0.2) is 4.39 Å². The number of aromatic nitrogens is 2. The Morgan fingerprint density at radius 2 is 2.35 bits per heavy atom. The Morgan fingerprint density at radius 3 is 3.10 bits per heavy atom. The molecule has 0 radical (unpaired) electrons. The van der Waals surface area contributed by atoms with E-state index < -0.39 is 0 Å². The van der Waals surface area contributed by atoms with Gasteiger partial charge in [-0.2, -0.15) is 4.98 Å². The standard InChI is InChI=1S/C13H15FN4O2/c1-8-6-18(7-12-16-13(5-15)20-17-12)10-3-2-9(14)4-11(10)19-8/h2-4,8H,5-7,15H2,1H3. The van der Waals surface area contributed by atoms with Crippen molar-refractivity contribution >= 4 is 5.69 Å². The molecule has 3 rings (SSSR count). The van der Waals surface area contributed by atoms with E-state index in [1.54, 1.807) is 6.07 Å². The first-order valence-electron chi connectivity index (χ1n) is 6.38. The molecule has 0 saturated carbocycles. The maximum Gasteiger partial charge on any atom is 0.240 e. The van der Waals surface area contributed by atoms with Gasteiger partial charge >= 0.3 is 0 Å². The van der Waals surface area contributed by atoms with Gasteiger partial charge in [0.25, 0.3) is 0 Å². The van der Waals surface area contributed by atoms with Crippen LogP contribution in [0.25, 0.3) is 0 Å². The van der Waals surface area contributed by atoms with E-state index in [0.29, 0.717) is 30.6 Å². The number of halogens is 1. The van der Waals surface area contributed by atoms with Crippen molar-refractivity contribution in [3.63, 3.8) is 0 Å². The summed E-state index contributed by atoms with van der Waals surface area (Å²) >= 11 is 0. The van der Waals surface area contributed by atoms with Gasteiger partial charge in [-0.3, -0.25) is 0 Å². The average molecular weight is 278 g/mol. The summed E-state index contributed by atoms with van der Waals surface area (Å²) in [6.07, 6.45) is -0.0369. The van der Waals surface area contributed by atoms with Crippen LogP contribution in [0.4, 0.5) is 10.1 Å². The van der Waals surface area contributed by atoms with Crippen LogP contribution in [0.2, 0.25) is 0 Å². The lowest BCUT2D eigenvalue weighted by Crippen LogP contribution is -2.38. The van der Waals surface area contributed by atoms with Crippen molar-refractivity contribution < 1.29 is 13.7 Å². The molecule has 6 nitrogen and oxygen atoms in total. The summed E-state index contributed by atoms with van der Waals surface area (Å²) in [6.45, 7) is 3.29. The highest BCUT2D eigenvalue weighted by molar-refractivity contribution is 5.60. The molecule has 0 aliphatic carbocycles. The van der Waals surface area contributed by atoms with Gasteiger partial charge in [0.2, 0.25) is 5.89 Å². The fourth-order valence-corrected chi connectivity index (χ4v) is 2.26. The Morgan fingerprint density at radius 1 is 1.50 bits per heavy atom. The summed E-state index contributed by atoms with van der Waals surface area (Å²) in [6, 6.07) is 4.49. The summed E-state index contributed by atoms with van der Waals surface area (Å²) in [5.74, 6) is 1.17. The van der Waals surface area contributed by atoms with Crippen molar-refractivity contribution in [2.24, 2.45) is 5.73 Å². The summed E-state index contributed by atoms with van der Waals surface area (Å²) < 4.78 is 23.9. The van der Waals surface area contributed by atoms with Gasteiger partial charge in [0.1, 0.15) is 17.7 Å². The maximum atomic E-state index is 13.3. The number of anilines is 1. The quantitative estimate of drug-likeness (QED) is 0.915. The van der Waals surface area contributed by atoms with Crippen LogP contribution in [0.5, 0.6) is 5.75 Å². The van der Waals surface area contributed by atoms with Crippen molar-refractivity contribution in [3.05, 3.63) is 35.7 Å². The maximum absolute atomic E-state index is 13.3. The average Bonchev–Trinajstić information content (AvgIpc) is 2.85. The number of fused-ring (bicyclic) bond motifs is 1. The molecule has 0 amide bonds. The van der Waals surface area contributed by atoms with Crippen LogP contribution < -0.4 is 15.4 Å². The third-order valence-corrected chi connectivity index (χ3v) is 3.09. The van der Waals surface area contributed by atoms with Crippen LogP contribution >= 0.6 is 0 Å². The molecule has 1 aliphatic rings. The molecular weight excluding hydrogens is 263 g/mol. The molecule has 0 saturated heterocycles. The van der Waals surface area contributed by atoms with E-state index in [-0.39, 0.29) is 18.5 Å². The van der Waals surface area contributed by atoms with Crippen LogP contribution in [0.1, 0.15) is 18.6 Å². The summed E-state index contributed by atoms with van der Waals surface area (Å²) in [4.78, 5) is 6.21. The molecule has 1 unspecified atom stereocenters. The third kappa shape index (κ3) is 2.44. The normalized spacial score (nSPS) is 17.8. The predicted molar refractivity (Wildman–Crippen MR) is 69.7 cm³/mol. The number of nitrogens with zero attached hydrogens (tertiary/aromatic N) is 3. The number of rotatable bonds is 3. The predicted octanol–water partition coefficient (Wildman–Crippen LogP) is 1.45. The molecule has 0 bridgehead atoms. The SMILES string of the molecule is CC1CN(Cc2noc(CN)n2)c2ccc(F)cc2O1. The van der Waals surface area contributed by atoms with Crippen molar-refractivity contribution in [1.29, 1.82) is 0 Å². The van der Waals surface area contributed by atoms with Crippen LogP contribution in [-0.2, 0) is 13.1 Å². The fraction of sp³-hybridized carbons (Fsp3) is 0.385. The molecule has 2 heterocycles. The molecule has 1 aliphatic heterocycles. The molecule has 1 aromatic heterocycles. The zero-order valence-corrected chi connectivity index (χ0v) is 11.0. The van der Waals surface area contributed by atoms with Gasteiger partial charge in [0.15, 0.2) is 5.82 Å². The molecule has 2 N–H and O–H groups in total. The second kappa shape index (κ2) is 5.09. The highest BCUT2D eigenvalue weighted by Crippen LogP contribution is 2.34. The van der Waals surface area contributed by atoms with E-state index in [9.17, 15) is 4.39 Å². The number of hydrogen-bond donors (Lipinski definition) is 1. The van der Waals surface area contributed by atoms with Crippen molar-refractivity contribution in [1.82, 2.24) is 10.1 Å². The van der Waals surface area contributed by atoms with Gasteiger partial charge < -0.3 is 19.9 Å². The van der Waals surface area contributed by atoms with Gasteiger partial charge in [-0.15, -0.1) is 0 Å². The first-order valence-corrected chi connectivity index (χ1v) is 6.38. The Hall–Kier alpha value is -2.15. The lowest BCUT2D eigenvalue weighted by Gasteiger charge is -2.34. The minimum absolute atomic E-state index is 0.0369. The van der Waals surface area contributed by atoms with Crippen molar-refractivity contribution in [3.8, 4) is 5.75 Å². The Labute approximate surface area is 115 Å². The molecule has 2 aromatic rings. The minimum atomic E-state index is -0.317.